The van der Waals surface area contributed by atoms with E-state index in [1.54, 1.807) is 6.08 Å². The number of anilines is 1. The molecular formula is C28H31N5O2. The van der Waals surface area contributed by atoms with E-state index in [0.29, 0.717) is 42.9 Å². The minimum atomic E-state index is -0.222. The molecule has 1 saturated heterocycles. The van der Waals surface area contributed by atoms with Crippen LogP contribution in [0.2, 0.25) is 0 Å². The molecule has 0 saturated carbocycles. The molecule has 1 aromatic heterocycles. The molecule has 2 aromatic rings. The summed E-state index contributed by atoms with van der Waals surface area (Å²) in [5.74, 6) is 1.63. The van der Waals surface area contributed by atoms with Crippen molar-refractivity contribution in [2.24, 2.45) is 22.2 Å². The van der Waals surface area contributed by atoms with Crippen LogP contribution < -0.4 is 5.32 Å². The molecule has 2 aliphatic heterocycles. The Labute approximate surface area is 205 Å². The average molecular weight is 470 g/mol. The number of aliphatic imine (C=N–C) groups is 1. The molecule has 0 radical (unpaired) electrons. The quantitative estimate of drug-likeness (QED) is 0.640. The van der Waals surface area contributed by atoms with Gasteiger partial charge in [-0.05, 0) is 54.5 Å². The van der Waals surface area contributed by atoms with Gasteiger partial charge in [-0.3, -0.25) is 14.6 Å². The summed E-state index contributed by atoms with van der Waals surface area (Å²) in [7, 11) is 1.81. The first kappa shape index (κ1) is 22.0. The van der Waals surface area contributed by atoms with Crippen LogP contribution in [0.15, 0.2) is 58.3 Å². The Balaban J connectivity index is 1.27. The zero-order valence-corrected chi connectivity index (χ0v) is 20.5. The summed E-state index contributed by atoms with van der Waals surface area (Å²) in [5, 5.41) is 3.00. The van der Waals surface area contributed by atoms with Gasteiger partial charge in [0.25, 0.3) is 5.91 Å². The number of amides is 1. The fourth-order valence-corrected chi connectivity index (χ4v) is 6.31. The molecule has 1 atom stereocenters. The van der Waals surface area contributed by atoms with Crippen molar-refractivity contribution in [2.75, 3.05) is 25.5 Å². The van der Waals surface area contributed by atoms with Crippen molar-refractivity contribution in [2.45, 2.75) is 39.5 Å². The second-order valence-corrected chi connectivity index (χ2v) is 10.6. The molecule has 7 heteroatoms. The number of imidazole rings is 1. The number of benzene rings is 1. The second kappa shape index (κ2) is 8.04. The number of ketones is 1. The molecule has 1 amide bonds. The highest BCUT2D eigenvalue weighted by atomic mass is 16.2. The lowest BCUT2D eigenvalue weighted by Crippen LogP contribution is -2.46. The second-order valence-electron chi connectivity index (χ2n) is 10.6. The number of nitrogens with one attached hydrogen (secondary N) is 2. The van der Waals surface area contributed by atoms with Gasteiger partial charge in [0.15, 0.2) is 5.78 Å². The lowest BCUT2D eigenvalue weighted by Gasteiger charge is -2.44. The number of nitrogens with zero attached hydrogens (tertiary/aromatic N) is 3. The Hall–Kier alpha value is -3.48. The van der Waals surface area contributed by atoms with E-state index >= 15 is 0 Å². The third-order valence-corrected chi connectivity index (χ3v) is 8.12. The fourth-order valence-electron chi connectivity index (χ4n) is 6.31. The fraction of sp³-hybridized carbons (Fsp3) is 0.429. The number of piperidine rings is 1. The maximum absolute atomic E-state index is 13.4. The highest BCUT2D eigenvalue weighted by molar-refractivity contribution is 6.10. The minimum Gasteiger partial charge on any atom is -0.359 e. The van der Waals surface area contributed by atoms with Gasteiger partial charge < -0.3 is 15.2 Å². The molecule has 35 heavy (non-hydrogen) atoms. The van der Waals surface area contributed by atoms with E-state index in [0.717, 1.165) is 41.7 Å². The molecule has 1 fully saturated rings. The minimum absolute atomic E-state index is 0.0294. The SMILES string of the molecule is CNc1nc2ccc(C(=O)N3CCC4(CC3)CC(=O)C=C3N=C5C(=C34)CC=CC5C(C)C)cc2[nH]1. The maximum atomic E-state index is 13.4. The molecule has 7 nitrogen and oxygen atoms in total. The van der Waals surface area contributed by atoms with Crippen LogP contribution in [0.1, 0.15) is 49.9 Å². The summed E-state index contributed by atoms with van der Waals surface area (Å²) in [5.41, 5.74) is 6.76. The van der Waals surface area contributed by atoms with Crippen LogP contribution in [0.3, 0.4) is 0 Å². The topological polar surface area (TPSA) is 90.4 Å². The van der Waals surface area contributed by atoms with Crippen molar-refractivity contribution in [3.05, 3.63) is 58.8 Å². The van der Waals surface area contributed by atoms with Gasteiger partial charge in [0.1, 0.15) is 0 Å². The summed E-state index contributed by atoms with van der Waals surface area (Å²) >= 11 is 0. The molecule has 2 aliphatic carbocycles. The molecule has 1 aromatic carbocycles. The van der Waals surface area contributed by atoms with E-state index in [1.165, 1.54) is 11.1 Å². The average Bonchev–Trinajstić information content (AvgIpc) is 3.44. The van der Waals surface area contributed by atoms with Crippen LogP contribution in [0, 0.1) is 17.3 Å². The number of H-pyrrole nitrogens is 1. The van der Waals surface area contributed by atoms with Crippen LogP contribution >= 0.6 is 0 Å². The van der Waals surface area contributed by atoms with Crippen LogP contribution in [0.5, 0.6) is 0 Å². The zero-order chi connectivity index (χ0) is 24.3. The van der Waals surface area contributed by atoms with Gasteiger partial charge in [0.2, 0.25) is 5.95 Å². The van der Waals surface area contributed by atoms with E-state index < -0.39 is 0 Å². The number of fused-ring (bicyclic) bond motifs is 4. The number of allylic oxidation sites excluding steroid dienone is 5. The summed E-state index contributed by atoms with van der Waals surface area (Å²) < 4.78 is 0. The summed E-state index contributed by atoms with van der Waals surface area (Å²) in [4.78, 5) is 40.8. The first-order chi connectivity index (χ1) is 16.9. The predicted molar refractivity (Wildman–Crippen MR) is 137 cm³/mol. The molecule has 3 heterocycles. The van der Waals surface area contributed by atoms with Gasteiger partial charge >= 0.3 is 0 Å². The molecule has 1 unspecified atom stereocenters. The van der Waals surface area contributed by atoms with Crippen molar-refractivity contribution >= 4 is 34.4 Å². The number of likely N-dealkylation sites (tertiary alicyclic amines) is 1. The standard InChI is InChI=1S/C28H31N5O2/c1-16(2)19-5-4-6-20-24-23(30-25(19)20)14-18(34)15-28(24)9-11-33(12-10-28)26(35)17-7-8-21-22(13-17)32-27(29-3)31-21/h4-5,7-8,13-14,16,19H,6,9-12,15H2,1-3H3,(H2,29,31,32). The molecule has 1 spiro atoms. The summed E-state index contributed by atoms with van der Waals surface area (Å²) in [6.07, 6.45) is 9.27. The number of hydrogen-bond acceptors (Lipinski definition) is 5. The third kappa shape index (κ3) is 3.48. The number of hydrogen-bond donors (Lipinski definition) is 2. The lowest BCUT2D eigenvalue weighted by atomic mass is 9.63. The van der Waals surface area contributed by atoms with E-state index in [-0.39, 0.29) is 17.1 Å². The Morgan fingerprint density at radius 3 is 2.80 bits per heavy atom. The van der Waals surface area contributed by atoms with Crippen molar-refractivity contribution in [3.63, 3.8) is 0 Å². The van der Waals surface area contributed by atoms with Gasteiger partial charge in [-0.25, -0.2) is 4.98 Å². The Morgan fingerprint density at radius 2 is 2.06 bits per heavy atom. The molecule has 180 valence electrons. The van der Waals surface area contributed by atoms with Crippen LogP contribution in [-0.4, -0.2) is 52.4 Å². The largest absolute Gasteiger partial charge is 0.359 e. The first-order valence-corrected chi connectivity index (χ1v) is 12.6. The smallest absolute Gasteiger partial charge is 0.253 e. The normalized spacial score (nSPS) is 23.0. The van der Waals surface area contributed by atoms with Gasteiger partial charge in [-0.15, -0.1) is 0 Å². The van der Waals surface area contributed by atoms with Crippen molar-refractivity contribution < 1.29 is 9.59 Å². The summed E-state index contributed by atoms with van der Waals surface area (Å²) in [6, 6.07) is 5.61. The molecule has 0 bridgehead atoms. The number of aromatic amines is 1. The van der Waals surface area contributed by atoms with Crippen LogP contribution in [-0.2, 0) is 4.79 Å². The van der Waals surface area contributed by atoms with Crippen LogP contribution in [0.25, 0.3) is 11.0 Å². The number of rotatable bonds is 3. The Bertz CT molecular complexity index is 1360. The highest BCUT2D eigenvalue weighted by Gasteiger charge is 2.48. The zero-order valence-electron chi connectivity index (χ0n) is 20.5. The Morgan fingerprint density at radius 1 is 1.26 bits per heavy atom. The van der Waals surface area contributed by atoms with Crippen molar-refractivity contribution in [3.8, 4) is 0 Å². The predicted octanol–water partition coefficient (Wildman–Crippen LogP) is 4.67. The van der Waals surface area contributed by atoms with Crippen molar-refractivity contribution in [1.82, 2.24) is 14.9 Å². The van der Waals surface area contributed by atoms with E-state index in [4.69, 9.17) is 4.99 Å². The summed E-state index contributed by atoms with van der Waals surface area (Å²) in [6.45, 7) is 5.73. The van der Waals surface area contributed by atoms with Crippen molar-refractivity contribution in [1.29, 1.82) is 0 Å². The van der Waals surface area contributed by atoms with Gasteiger partial charge in [-0.2, -0.15) is 0 Å². The number of aromatic nitrogens is 2. The number of carbonyl (C=O) groups is 2. The monoisotopic (exact) mass is 469 g/mol. The maximum Gasteiger partial charge on any atom is 0.253 e. The van der Waals surface area contributed by atoms with Crippen LogP contribution in [0.4, 0.5) is 5.95 Å². The van der Waals surface area contributed by atoms with Gasteiger partial charge in [0.05, 0.1) is 22.4 Å². The molecule has 4 aliphatic rings. The molecule has 2 N–H and O–H groups in total. The number of carbonyl (C=O) groups excluding carboxylic acids is 2. The molecule has 6 rings (SSSR count). The van der Waals surface area contributed by atoms with E-state index in [9.17, 15) is 9.59 Å². The molecular weight excluding hydrogens is 438 g/mol. The first-order valence-electron chi connectivity index (χ1n) is 12.6. The Kier molecular flexibility index (Phi) is 5.06. The van der Waals surface area contributed by atoms with E-state index in [1.807, 2.05) is 30.1 Å². The third-order valence-electron chi connectivity index (χ3n) is 8.12. The highest BCUT2D eigenvalue weighted by Crippen LogP contribution is 2.53. The lowest BCUT2D eigenvalue weighted by molar-refractivity contribution is -0.117. The van der Waals surface area contributed by atoms with Gasteiger partial charge in [0, 0.05) is 49.5 Å². The van der Waals surface area contributed by atoms with Gasteiger partial charge in [-0.1, -0.05) is 26.0 Å². The van der Waals surface area contributed by atoms with E-state index in [2.05, 4.69) is 41.3 Å².